The lowest BCUT2D eigenvalue weighted by Gasteiger charge is -2.13. The predicted molar refractivity (Wildman–Crippen MR) is 63.0 cm³/mol. The number of thioether (sulfide) groups is 1. The molecule has 0 aliphatic rings. The molecule has 1 aromatic heterocycles. The molecule has 90 valence electrons. The Morgan fingerprint density at radius 3 is 3.00 bits per heavy atom. The first-order chi connectivity index (χ1) is 7.65. The topological polar surface area (TPSA) is 85.8 Å². The molecule has 1 unspecified atom stereocenters. The molecule has 1 atom stereocenters. The van der Waals surface area contributed by atoms with E-state index in [1.807, 2.05) is 14.0 Å². The summed E-state index contributed by atoms with van der Waals surface area (Å²) < 4.78 is 1.71. The summed E-state index contributed by atoms with van der Waals surface area (Å²) >= 11 is 1.57. The smallest absolute Gasteiger partial charge is 0.234 e. The van der Waals surface area contributed by atoms with Crippen LogP contribution in [0, 0.1) is 0 Å². The predicted octanol–water partition coefficient (Wildman–Crippen LogP) is -0.239. The van der Waals surface area contributed by atoms with E-state index >= 15 is 0 Å². The van der Waals surface area contributed by atoms with Crippen LogP contribution in [0.25, 0.3) is 0 Å². The van der Waals surface area contributed by atoms with Crippen LogP contribution in [-0.4, -0.2) is 39.0 Å². The van der Waals surface area contributed by atoms with Gasteiger partial charge in [0.15, 0.2) is 5.16 Å². The van der Waals surface area contributed by atoms with Crippen molar-refractivity contribution in [2.24, 2.45) is 12.8 Å². The highest BCUT2D eigenvalue weighted by molar-refractivity contribution is 7.99. The SMILES string of the molecule is CCNC(CCSc1ncnn1C)C(N)=O. The first kappa shape index (κ1) is 13.0. The second kappa shape index (κ2) is 6.49. The third kappa shape index (κ3) is 3.82. The normalized spacial score (nSPS) is 12.6. The van der Waals surface area contributed by atoms with Crippen molar-refractivity contribution in [2.45, 2.75) is 24.5 Å². The molecular formula is C9H17N5OS. The number of nitrogens with zero attached hydrogens (tertiary/aromatic N) is 3. The summed E-state index contributed by atoms with van der Waals surface area (Å²) in [5, 5.41) is 7.86. The van der Waals surface area contributed by atoms with Crippen LogP contribution in [0.15, 0.2) is 11.5 Å². The quantitative estimate of drug-likeness (QED) is 0.646. The summed E-state index contributed by atoms with van der Waals surface area (Å²) in [6, 6.07) is -0.259. The van der Waals surface area contributed by atoms with Gasteiger partial charge in [-0.25, -0.2) is 9.67 Å². The van der Waals surface area contributed by atoms with Crippen LogP contribution in [-0.2, 0) is 11.8 Å². The van der Waals surface area contributed by atoms with Crippen LogP contribution in [0.3, 0.4) is 0 Å². The number of aromatic nitrogens is 3. The van der Waals surface area contributed by atoms with E-state index in [0.29, 0.717) is 6.42 Å². The number of carbonyl (C=O) groups excluding carboxylic acids is 1. The number of carbonyl (C=O) groups is 1. The minimum atomic E-state index is -0.305. The largest absolute Gasteiger partial charge is 0.368 e. The highest BCUT2D eigenvalue weighted by Crippen LogP contribution is 2.14. The Hall–Kier alpha value is -1.08. The fourth-order valence-electron chi connectivity index (χ4n) is 1.28. The van der Waals surface area contributed by atoms with Gasteiger partial charge in [-0.2, -0.15) is 5.10 Å². The van der Waals surface area contributed by atoms with Gasteiger partial charge < -0.3 is 11.1 Å². The van der Waals surface area contributed by atoms with Crippen LogP contribution >= 0.6 is 11.8 Å². The molecule has 7 heteroatoms. The zero-order valence-corrected chi connectivity index (χ0v) is 10.3. The van der Waals surface area contributed by atoms with Gasteiger partial charge in [0.25, 0.3) is 0 Å². The second-order valence-corrected chi connectivity index (χ2v) is 4.38. The summed E-state index contributed by atoms with van der Waals surface area (Å²) in [5.41, 5.74) is 5.27. The number of rotatable bonds is 7. The Labute approximate surface area is 99.0 Å². The van der Waals surface area contributed by atoms with Crippen molar-refractivity contribution < 1.29 is 4.79 Å². The molecule has 0 aliphatic carbocycles. The summed E-state index contributed by atoms with van der Waals surface area (Å²) in [7, 11) is 1.84. The Morgan fingerprint density at radius 1 is 1.75 bits per heavy atom. The molecule has 0 bridgehead atoms. The Balaban J connectivity index is 2.33. The summed E-state index contributed by atoms with van der Waals surface area (Å²) in [5.74, 6) is 0.480. The Bertz CT molecular complexity index is 340. The summed E-state index contributed by atoms with van der Waals surface area (Å²) in [6.45, 7) is 2.69. The van der Waals surface area contributed by atoms with Gasteiger partial charge in [0.2, 0.25) is 5.91 Å². The third-order valence-electron chi connectivity index (χ3n) is 2.10. The van der Waals surface area contributed by atoms with Gasteiger partial charge in [-0.1, -0.05) is 18.7 Å². The van der Waals surface area contributed by atoms with E-state index in [1.165, 1.54) is 6.33 Å². The number of hydrogen-bond donors (Lipinski definition) is 2. The van der Waals surface area contributed by atoms with E-state index in [0.717, 1.165) is 17.5 Å². The number of amides is 1. The number of aryl methyl sites for hydroxylation is 1. The average molecular weight is 243 g/mol. The minimum Gasteiger partial charge on any atom is -0.368 e. The van der Waals surface area contributed by atoms with Crippen molar-refractivity contribution in [2.75, 3.05) is 12.3 Å². The van der Waals surface area contributed by atoms with Crippen LogP contribution in [0.2, 0.25) is 0 Å². The van der Waals surface area contributed by atoms with Crippen molar-refractivity contribution >= 4 is 17.7 Å². The van der Waals surface area contributed by atoms with Gasteiger partial charge in [-0.05, 0) is 13.0 Å². The molecule has 0 fully saturated rings. The molecule has 0 saturated carbocycles. The molecule has 6 nitrogen and oxygen atoms in total. The van der Waals surface area contributed by atoms with Crippen LogP contribution in [0.4, 0.5) is 0 Å². The first-order valence-electron chi connectivity index (χ1n) is 5.14. The van der Waals surface area contributed by atoms with E-state index < -0.39 is 0 Å². The maximum atomic E-state index is 11.1. The Kier molecular flexibility index (Phi) is 5.27. The number of nitrogens with two attached hydrogens (primary N) is 1. The zero-order chi connectivity index (χ0) is 12.0. The number of likely N-dealkylation sites (N-methyl/N-ethyl adjacent to an activating group) is 1. The minimum absolute atomic E-state index is 0.259. The van der Waals surface area contributed by atoms with Crippen LogP contribution in [0.5, 0.6) is 0 Å². The number of primary amides is 1. The molecule has 1 amide bonds. The maximum Gasteiger partial charge on any atom is 0.234 e. The van der Waals surface area contributed by atoms with Crippen LogP contribution < -0.4 is 11.1 Å². The number of hydrogen-bond acceptors (Lipinski definition) is 5. The van der Waals surface area contributed by atoms with Gasteiger partial charge in [0.1, 0.15) is 6.33 Å². The van der Waals surface area contributed by atoms with E-state index in [1.54, 1.807) is 16.4 Å². The van der Waals surface area contributed by atoms with Gasteiger partial charge >= 0.3 is 0 Å². The summed E-state index contributed by atoms with van der Waals surface area (Å²) in [6.07, 6.45) is 2.21. The highest BCUT2D eigenvalue weighted by Gasteiger charge is 2.13. The monoisotopic (exact) mass is 243 g/mol. The van der Waals surface area contributed by atoms with Crippen molar-refractivity contribution in [3.8, 4) is 0 Å². The van der Waals surface area contributed by atoms with Gasteiger partial charge in [0, 0.05) is 12.8 Å². The van der Waals surface area contributed by atoms with Crippen molar-refractivity contribution in [3.05, 3.63) is 6.33 Å². The molecule has 1 aromatic rings. The zero-order valence-electron chi connectivity index (χ0n) is 9.51. The molecule has 3 N–H and O–H groups in total. The Morgan fingerprint density at radius 2 is 2.50 bits per heavy atom. The molecule has 0 radical (unpaired) electrons. The fourth-order valence-corrected chi connectivity index (χ4v) is 2.17. The fraction of sp³-hybridized carbons (Fsp3) is 0.667. The standard InChI is InChI=1S/C9H17N5OS/c1-3-11-7(8(10)15)4-5-16-9-12-6-13-14(9)2/h6-7,11H,3-5H2,1-2H3,(H2,10,15). The molecule has 16 heavy (non-hydrogen) atoms. The molecule has 0 aromatic carbocycles. The van der Waals surface area contributed by atoms with Crippen LogP contribution in [0.1, 0.15) is 13.3 Å². The van der Waals surface area contributed by atoms with E-state index in [4.69, 9.17) is 5.73 Å². The number of nitrogens with one attached hydrogen (secondary N) is 1. The van der Waals surface area contributed by atoms with E-state index in [9.17, 15) is 4.79 Å². The lowest BCUT2D eigenvalue weighted by Crippen LogP contribution is -2.41. The van der Waals surface area contributed by atoms with Gasteiger partial charge in [-0.15, -0.1) is 0 Å². The van der Waals surface area contributed by atoms with E-state index in [-0.39, 0.29) is 11.9 Å². The first-order valence-corrected chi connectivity index (χ1v) is 6.13. The van der Waals surface area contributed by atoms with E-state index in [2.05, 4.69) is 15.4 Å². The van der Waals surface area contributed by atoms with Crippen molar-refractivity contribution in [3.63, 3.8) is 0 Å². The molecule has 0 spiro atoms. The second-order valence-electron chi connectivity index (χ2n) is 3.32. The van der Waals surface area contributed by atoms with Gasteiger partial charge in [0.05, 0.1) is 6.04 Å². The molecule has 1 rings (SSSR count). The lowest BCUT2D eigenvalue weighted by atomic mass is 10.2. The average Bonchev–Trinajstić information content (AvgIpc) is 2.63. The van der Waals surface area contributed by atoms with Crippen molar-refractivity contribution in [1.82, 2.24) is 20.1 Å². The van der Waals surface area contributed by atoms with Gasteiger partial charge in [-0.3, -0.25) is 4.79 Å². The van der Waals surface area contributed by atoms with Crippen molar-refractivity contribution in [1.29, 1.82) is 0 Å². The highest BCUT2D eigenvalue weighted by atomic mass is 32.2. The lowest BCUT2D eigenvalue weighted by molar-refractivity contribution is -0.120. The molecule has 0 aliphatic heterocycles. The molecule has 1 heterocycles. The molecular weight excluding hydrogens is 226 g/mol. The molecule has 0 saturated heterocycles. The third-order valence-corrected chi connectivity index (χ3v) is 3.17. The summed E-state index contributed by atoms with van der Waals surface area (Å²) in [4.78, 5) is 15.1. The maximum absolute atomic E-state index is 11.1.